The molecule has 1 heterocycles. The largest absolute Gasteiger partial charge is 0.419 e. The summed E-state index contributed by atoms with van der Waals surface area (Å²) >= 11 is 0. The molecular weight excluding hydrogens is 562 g/mol. The van der Waals surface area contributed by atoms with E-state index in [1.165, 1.54) is 10.8 Å². The Labute approximate surface area is 226 Å². The molecule has 0 unspecified atom stereocenters. The number of anilines is 2. The smallest absolute Gasteiger partial charge is 0.307 e. The van der Waals surface area contributed by atoms with Gasteiger partial charge in [0, 0.05) is 11.8 Å². The number of nitrogens with zero attached hydrogens (tertiary/aromatic N) is 1. The Morgan fingerprint density at radius 1 is 0.925 bits per heavy atom. The maximum atomic E-state index is 13.4. The number of rotatable bonds is 7. The first kappa shape index (κ1) is 29.3. The van der Waals surface area contributed by atoms with Crippen molar-refractivity contribution in [3.8, 4) is 11.1 Å². The van der Waals surface area contributed by atoms with Crippen molar-refractivity contribution < 1.29 is 39.6 Å². The minimum absolute atomic E-state index is 0.152. The number of aromatic nitrogens is 1. The van der Waals surface area contributed by atoms with E-state index in [0.29, 0.717) is 17.0 Å². The highest BCUT2D eigenvalue weighted by atomic mass is 32.2. The minimum Gasteiger partial charge on any atom is -0.307 e. The second-order valence-electron chi connectivity index (χ2n) is 9.23. The molecule has 0 spiro atoms. The molecule has 214 valence electrons. The quantitative estimate of drug-likeness (QED) is 0.262. The van der Waals surface area contributed by atoms with Gasteiger partial charge in [-0.3, -0.25) is 5.32 Å². The van der Waals surface area contributed by atoms with Crippen molar-refractivity contribution in [2.45, 2.75) is 48.8 Å². The number of urea groups is 1. The Morgan fingerprint density at radius 3 is 2.33 bits per heavy atom. The summed E-state index contributed by atoms with van der Waals surface area (Å²) in [4.78, 5) is 15.8. The summed E-state index contributed by atoms with van der Waals surface area (Å²) < 4.78 is 105. The molecular formula is C26H24F6N4O3S. The Kier molecular flexibility index (Phi) is 8.40. The van der Waals surface area contributed by atoms with Gasteiger partial charge in [-0.25, -0.2) is 22.9 Å². The number of benzene rings is 2. The molecule has 7 nitrogen and oxygen atoms in total. The predicted molar refractivity (Wildman–Crippen MR) is 136 cm³/mol. The fraction of sp³-hybridized carbons (Fsp3) is 0.308. The van der Waals surface area contributed by atoms with E-state index in [9.17, 15) is 39.6 Å². The van der Waals surface area contributed by atoms with Crippen LogP contribution >= 0.6 is 0 Å². The van der Waals surface area contributed by atoms with E-state index in [0.717, 1.165) is 61.7 Å². The van der Waals surface area contributed by atoms with Crippen molar-refractivity contribution in [3.63, 3.8) is 0 Å². The third-order valence-corrected chi connectivity index (χ3v) is 7.78. The molecule has 1 aliphatic carbocycles. The first-order chi connectivity index (χ1) is 18.7. The molecule has 0 saturated heterocycles. The first-order valence-corrected chi connectivity index (χ1v) is 13.6. The summed E-state index contributed by atoms with van der Waals surface area (Å²) in [5.74, 6) is -0.469. The lowest BCUT2D eigenvalue weighted by Gasteiger charge is -2.17. The lowest BCUT2D eigenvalue weighted by atomic mass is 9.93. The number of hydrogen-bond acceptors (Lipinski definition) is 4. The van der Waals surface area contributed by atoms with Gasteiger partial charge >= 0.3 is 18.4 Å². The van der Waals surface area contributed by atoms with Gasteiger partial charge in [0.15, 0.2) is 0 Å². The summed E-state index contributed by atoms with van der Waals surface area (Å²) in [5, 5.41) is 4.35. The zero-order valence-corrected chi connectivity index (χ0v) is 21.6. The van der Waals surface area contributed by atoms with E-state index in [-0.39, 0.29) is 5.69 Å². The van der Waals surface area contributed by atoms with Crippen molar-refractivity contribution in [3.05, 3.63) is 71.9 Å². The third-order valence-electron chi connectivity index (χ3n) is 6.38. The molecule has 3 N–H and O–H groups in total. The van der Waals surface area contributed by atoms with Gasteiger partial charge in [0.05, 0.1) is 16.1 Å². The van der Waals surface area contributed by atoms with Gasteiger partial charge < -0.3 is 5.32 Å². The summed E-state index contributed by atoms with van der Waals surface area (Å²) in [5.41, 5.74) is 0.544. The second kappa shape index (κ2) is 11.5. The summed E-state index contributed by atoms with van der Waals surface area (Å²) in [6.07, 6.45) is -4.45. The van der Waals surface area contributed by atoms with Crippen molar-refractivity contribution in [2.75, 3.05) is 17.2 Å². The predicted octanol–water partition coefficient (Wildman–Crippen LogP) is 6.91. The number of carbonyl (C=O) groups excluding carboxylic acids is 1. The number of nitrogens with one attached hydrogen (secondary N) is 3. The second-order valence-corrected chi connectivity index (χ2v) is 11.0. The molecule has 1 aromatic heterocycles. The Balaban J connectivity index is 1.70. The molecule has 1 fully saturated rings. The van der Waals surface area contributed by atoms with E-state index >= 15 is 0 Å². The Hall–Kier alpha value is -3.65. The maximum absolute atomic E-state index is 13.4. The first-order valence-electron chi connectivity index (χ1n) is 12.1. The normalized spacial score (nSPS) is 14.8. The summed E-state index contributed by atoms with van der Waals surface area (Å²) in [7, 11) is -4.66. The average molecular weight is 587 g/mol. The highest BCUT2D eigenvalue weighted by molar-refractivity contribution is 7.89. The van der Waals surface area contributed by atoms with E-state index in [1.54, 1.807) is 12.1 Å². The van der Waals surface area contributed by atoms with Crippen LogP contribution in [-0.2, 0) is 16.2 Å². The van der Waals surface area contributed by atoms with Crippen LogP contribution in [0.25, 0.3) is 11.1 Å². The minimum atomic E-state index is -4.82. The van der Waals surface area contributed by atoms with Crippen LogP contribution in [0.3, 0.4) is 0 Å². The Bertz CT molecular complexity index is 1490. The Morgan fingerprint density at radius 2 is 1.65 bits per heavy atom. The van der Waals surface area contributed by atoms with Gasteiger partial charge in [-0.15, -0.1) is 0 Å². The highest BCUT2D eigenvalue weighted by Gasteiger charge is 2.35. The number of hydrogen-bond donors (Lipinski definition) is 3. The number of halogens is 6. The van der Waals surface area contributed by atoms with Crippen LogP contribution in [0.2, 0.25) is 0 Å². The van der Waals surface area contributed by atoms with E-state index in [1.807, 2.05) is 17.4 Å². The van der Waals surface area contributed by atoms with Crippen molar-refractivity contribution in [2.24, 2.45) is 0 Å². The SMILES string of the molecule is O=C(Nc1cc(S(=O)(=O)NCC(F)(F)F)ccc1-c1cccc(C2CCCC2)c1)Nc1ncccc1C(F)(F)F. The van der Waals surface area contributed by atoms with Crippen LogP contribution in [0.1, 0.15) is 42.7 Å². The maximum Gasteiger partial charge on any atom is 0.419 e. The number of amides is 2. The average Bonchev–Trinajstić information content (AvgIpc) is 3.42. The van der Waals surface area contributed by atoms with E-state index in [4.69, 9.17) is 0 Å². The molecule has 0 bridgehead atoms. The molecule has 2 amide bonds. The molecule has 3 aromatic rings. The van der Waals surface area contributed by atoms with E-state index < -0.39 is 51.2 Å². The summed E-state index contributed by atoms with van der Waals surface area (Å²) in [6.45, 7) is -1.82. The number of alkyl halides is 6. The summed E-state index contributed by atoms with van der Waals surface area (Å²) in [6, 6.07) is 11.2. The van der Waals surface area contributed by atoms with Gasteiger partial charge in [-0.05, 0) is 54.2 Å². The molecule has 1 aliphatic rings. The number of sulfonamides is 1. The molecule has 0 atom stereocenters. The van der Waals surface area contributed by atoms with Crippen LogP contribution < -0.4 is 15.4 Å². The molecule has 0 aliphatic heterocycles. The zero-order chi connectivity index (χ0) is 29.1. The molecule has 40 heavy (non-hydrogen) atoms. The number of pyridine rings is 1. The van der Waals surface area contributed by atoms with Gasteiger partial charge in [0.1, 0.15) is 12.4 Å². The van der Waals surface area contributed by atoms with Crippen LogP contribution in [0, 0.1) is 0 Å². The lowest BCUT2D eigenvalue weighted by molar-refractivity contribution is -0.137. The topological polar surface area (TPSA) is 100 Å². The zero-order valence-electron chi connectivity index (χ0n) is 20.7. The van der Waals surface area contributed by atoms with E-state index in [2.05, 4.69) is 10.3 Å². The lowest BCUT2D eigenvalue weighted by Crippen LogP contribution is -2.33. The van der Waals surface area contributed by atoms with Crippen molar-refractivity contribution in [1.29, 1.82) is 0 Å². The van der Waals surface area contributed by atoms with Crippen LogP contribution in [0.4, 0.5) is 42.6 Å². The molecule has 4 rings (SSSR count). The van der Waals surface area contributed by atoms with Gasteiger partial charge in [0.2, 0.25) is 10.0 Å². The van der Waals surface area contributed by atoms with Gasteiger partial charge in [-0.2, -0.15) is 26.3 Å². The van der Waals surface area contributed by atoms with Gasteiger partial charge in [-0.1, -0.05) is 43.2 Å². The number of carbonyl (C=O) groups is 1. The monoisotopic (exact) mass is 586 g/mol. The van der Waals surface area contributed by atoms with Gasteiger partial charge in [0.25, 0.3) is 0 Å². The van der Waals surface area contributed by atoms with Crippen LogP contribution in [-0.4, -0.2) is 32.2 Å². The molecule has 14 heteroatoms. The van der Waals surface area contributed by atoms with Crippen LogP contribution in [0.5, 0.6) is 0 Å². The fourth-order valence-corrected chi connectivity index (χ4v) is 5.56. The van der Waals surface area contributed by atoms with Crippen molar-refractivity contribution >= 4 is 27.6 Å². The molecule has 0 radical (unpaired) electrons. The third kappa shape index (κ3) is 7.30. The fourth-order valence-electron chi connectivity index (χ4n) is 4.52. The molecule has 2 aromatic carbocycles. The van der Waals surface area contributed by atoms with Crippen LogP contribution in [0.15, 0.2) is 65.7 Å². The molecule has 1 saturated carbocycles. The highest BCUT2D eigenvalue weighted by Crippen LogP contribution is 2.38. The van der Waals surface area contributed by atoms with Crippen molar-refractivity contribution in [1.82, 2.24) is 9.71 Å². The standard InChI is InChI=1S/C26H24F6N4O3S/c27-25(28,29)15-34-40(38,39)19-10-11-20(18-8-3-7-17(13-18)16-5-1-2-6-16)22(14-19)35-24(37)36-23-21(26(30,31)32)9-4-12-33-23/h3-4,7-14,16,34H,1-2,5-6,15H2,(H2,33,35,36,37).